The number of hydrogen-bond donors (Lipinski definition) is 2. The van der Waals surface area contributed by atoms with Crippen LogP contribution in [0.4, 0.5) is 0 Å². The van der Waals surface area contributed by atoms with Gasteiger partial charge in [0.25, 0.3) is 0 Å². The molecule has 0 spiro atoms. The molecule has 0 aliphatic heterocycles. The summed E-state index contributed by atoms with van der Waals surface area (Å²) in [6.07, 6.45) is 1.00. The molecule has 72 valence electrons. The van der Waals surface area contributed by atoms with Gasteiger partial charge in [0.2, 0.25) is 0 Å². The van der Waals surface area contributed by atoms with E-state index < -0.39 is 0 Å². The number of aliphatic hydroxyl groups excluding tert-OH is 1. The van der Waals surface area contributed by atoms with Crippen molar-refractivity contribution >= 4 is 0 Å². The van der Waals surface area contributed by atoms with E-state index in [1.165, 1.54) is 5.56 Å². The third-order valence-corrected chi connectivity index (χ3v) is 2.21. The van der Waals surface area contributed by atoms with Gasteiger partial charge in [-0.05, 0) is 31.5 Å². The molecule has 1 aromatic rings. The summed E-state index contributed by atoms with van der Waals surface area (Å²) in [7, 11) is 1.96. The van der Waals surface area contributed by atoms with Gasteiger partial charge in [0.1, 0.15) is 0 Å². The molecule has 0 radical (unpaired) electrons. The molecular formula is C11H17NO. The average molecular weight is 179 g/mol. The van der Waals surface area contributed by atoms with Gasteiger partial charge in [0.05, 0.1) is 6.61 Å². The largest absolute Gasteiger partial charge is 0.392 e. The van der Waals surface area contributed by atoms with Crippen molar-refractivity contribution in [1.29, 1.82) is 0 Å². The van der Waals surface area contributed by atoms with E-state index in [1.54, 1.807) is 0 Å². The number of likely N-dealkylation sites (N-methyl/N-ethyl adjacent to an activating group) is 1. The Hall–Kier alpha value is -0.860. The second kappa shape index (κ2) is 5.00. The maximum Gasteiger partial charge on any atom is 0.0681 e. The SMILES string of the molecule is CNC(C)Cc1cccc(CO)c1. The lowest BCUT2D eigenvalue weighted by Gasteiger charge is -2.10. The summed E-state index contributed by atoms with van der Waals surface area (Å²) in [5, 5.41) is 12.1. The lowest BCUT2D eigenvalue weighted by Crippen LogP contribution is -2.23. The van der Waals surface area contributed by atoms with Gasteiger partial charge in [-0.3, -0.25) is 0 Å². The Bertz CT molecular complexity index is 260. The van der Waals surface area contributed by atoms with Crippen molar-refractivity contribution in [2.75, 3.05) is 7.05 Å². The highest BCUT2D eigenvalue weighted by molar-refractivity contribution is 5.23. The van der Waals surface area contributed by atoms with E-state index in [-0.39, 0.29) is 6.61 Å². The monoisotopic (exact) mass is 179 g/mol. The molecule has 13 heavy (non-hydrogen) atoms. The standard InChI is InChI=1S/C11H17NO/c1-9(12-2)6-10-4-3-5-11(7-10)8-13/h3-5,7,9,12-13H,6,8H2,1-2H3. The molecule has 0 saturated heterocycles. The molecule has 0 bridgehead atoms. The number of hydrogen-bond acceptors (Lipinski definition) is 2. The third kappa shape index (κ3) is 3.17. The zero-order valence-corrected chi connectivity index (χ0v) is 8.25. The predicted octanol–water partition coefficient (Wildman–Crippen LogP) is 1.33. The fraction of sp³-hybridized carbons (Fsp3) is 0.455. The van der Waals surface area contributed by atoms with Crippen molar-refractivity contribution in [2.45, 2.75) is 26.0 Å². The van der Waals surface area contributed by atoms with Crippen LogP contribution in [0.15, 0.2) is 24.3 Å². The molecule has 0 aliphatic rings. The second-order valence-corrected chi connectivity index (χ2v) is 3.37. The van der Waals surface area contributed by atoms with Crippen molar-refractivity contribution in [1.82, 2.24) is 5.32 Å². The molecule has 2 nitrogen and oxygen atoms in total. The number of aliphatic hydroxyl groups is 1. The number of rotatable bonds is 4. The normalized spacial score (nSPS) is 12.8. The first kappa shape index (κ1) is 10.2. The van der Waals surface area contributed by atoms with Crippen LogP contribution in [0.3, 0.4) is 0 Å². The van der Waals surface area contributed by atoms with Crippen LogP contribution in [0.25, 0.3) is 0 Å². The van der Waals surface area contributed by atoms with Crippen LogP contribution >= 0.6 is 0 Å². The topological polar surface area (TPSA) is 32.3 Å². The molecule has 0 aliphatic carbocycles. The highest BCUT2D eigenvalue weighted by Crippen LogP contribution is 2.07. The van der Waals surface area contributed by atoms with Gasteiger partial charge in [0, 0.05) is 6.04 Å². The van der Waals surface area contributed by atoms with Crippen molar-refractivity contribution in [2.24, 2.45) is 0 Å². The van der Waals surface area contributed by atoms with E-state index in [0.29, 0.717) is 6.04 Å². The minimum atomic E-state index is 0.127. The van der Waals surface area contributed by atoms with Crippen LogP contribution in [0.2, 0.25) is 0 Å². The Morgan fingerprint density at radius 2 is 2.08 bits per heavy atom. The van der Waals surface area contributed by atoms with E-state index in [2.05, 4.69) is 18.3 Å². The molecular weight excluding hydrogens is 162 g/mol. The molecule has 1 aromatic carbocycles. The van der Waals surface area contributed by atoms with E-state index in [0.717, 1.165) is 12.0 Å². The fourth-order valence-corrected chi connectivity index (χ4v) is 1.31. The van der Waals surface area contributed by atoms with Crippen LogP contribution < -0.4 is 5.32 Å². The Labute approximate surface area is 79.6 Å². The summed E-state index contributed by atoms with van der Waals surface area (Å²) in [6.45, 7) is 2.27. The molecule has 0 aromatic heterocycles. The first-order valence-electron chi connectivity index (χ1n) is 4.62. The summed E-state index contributed by atoms with van der Waals surface area (Å²) >= 11 is 0. The molecule has 2 N–H and O–H groups in total. The minimum Gasteiger partial charge on any atom is -0.392 e. The Morgan fingerprint density at radius 3 is 2.69 bits per heavy atom. The first-order valence-corrected chi connectivity index (χ1v) is 4.62. The zero-order chi connectivity index (χ0) is 9.68. The lowest BCUT2D eigenvalue weighted by atomic mass is 10.0. The second-order valence-electron chi connectivity index (χ2n) is 3.37. The van der Waals surface area contributed by atoms with Gasteiger partial charge in [-0.25, -0.2) is 0 Å². The van der Waals surface area contributed by atoms with Crippen LogP contribution in [-0.4, -0.2) is 18.2 Å². The smallest absolute Gasteiger partial charge is 0.0681 e. The van der Waals surface area contributed by atoms with Crippen LogP contribution in [0.5, 0.6) is 0 Å². The minimum absolute atomic E-state index is 0.127. The van der Waals surface area contributed by atoms with Gasteiger partial charge >= 0.3 is 0 Å². The quantitative estimate of drug-likeness (QED) is 0.731. The van der Waals surface area contributed by atoms with Crippen LogP contribution in [0, 0.1) is 0 Å². The van der Waals surface area contributed by atoms with Crippen molar-refractivity contribution in [3.63, 3.8) is 0 Å². The van der Waals surface area contributed by atoms with E-state index in [4.69, 9.17) is 5.11 Å². The maximum absolute atomic E-state index is 8.94. The van der Waals surface area contributed by atoms with E-state index >= 15 is 0 Å². The average Bonchev–Trinajstić information content (AvgIpc) is 2.18. The van der Waals surface area contributed by atoms with E-state index in [9.17, 15) is 0 Å². The highest BCUT2D eigenvalue weighted by Gasteiger charge is 2.00. The van der Waals surface area contributed by atoms with Gasteiger partial charge in [-0.2, -0.15) is 0 Å². The first-order chi connectivity index (χ1) is 6.26. The zero-order valence-electron chi connectivity index (χ0n) is 8.25. The Balaban J connectivity index is 2.66. The Morgan fingerprint density at radius 1 is 1.38 bits per heavy atom. The summed E-state index contributed by atoms with van der Waals surface area (Å²) in [5.41, 5.74) is 2.26. The number of nitrogens with one attached hydrogen (secondary N) is 1. The fourth-order valence-electron chi connectivity index (χ4n) is 1.31. The van der Waals surface area contributed by atoms with Crippen molar-refractivity contribution < 1.29 is 5.11 Å². The molecule has 0 amide bonds. The predicted molar refractivity (Wildman–Crippen MR) is 54.6 cm³/mol. The summed E-state index contributed by atoms with van der Waals surface area (Å²) in [4.78, 5) is 0. The molecule has 2 heteroatoms. The summed E-state index contributed by atoms with van der Waals surface area (Å²) < 4.78 is 0. The highest BCUT2D eigenvalue weighted by atomic mass is 16.3. The van der Waals surface area contributed by atoms with Gasteiger partial charge in [-0.1, -0.05) is 24.3 Å². The molecule has 1 unspecified atom stereocenters. The maximum atomic E-state index is 8.94. The van der Waals surface area contributed by atoms with Gasteiger partial charge in [-0.15, -0.1) is 0 Å². The van der Waals surface area contributed by atoms with Crippen LogP contribution in [-0.2, 0) is 13.0 Å². The van der Waals surface area contributed by atoms with Crippen molar-refractivity contribution in [3.05, 3.63) is 35.4 Å². The Kier molecular flexibility index (Phi) is 3.93. The molecule has 0 heterocycles. The number of benzene rings is 1. The molecule has 0 saturated carbocycles. The summed E-state index contributed by atoms with van der Waals surface area (Å²) in [6, 6.07) is 8.55. The van der Waals surface area contributed by atoms with Gasteiger partial charge in [0.15, 0.2) is 0 Å². The van der Waals surface area contributed by atoms with Gasteiger partial charge < -0.3 is 10.4 Å². The summed E-state index contributed by atoms with van der Waals surface area (Å²) in [5.74, 6) is 0. The van der Waals surface area contributed by atoms with Crippen molar-refractivity contribution in [3.8, 4) is 0 Å². The molecule has 0 fully saturated rings. The lowest BCUT2D eigenvalue weighted by molar-refractivity contribution is 0.281. The van der Waals surface area contributed by atoms with E-state index in [1.807, 2.05) is 25.2 Å². The molecule has 1 atom stereocenters. The molecule has 1 rings (SSSR count). The van der Waals surface area contributed by atoms with Crippen LogP contribution in [0.1, 0.15) is 18.1 Å². The third-order valence-electron chi connectivity index (χ3n) is 2.21.